The zero-order valence-electron chi connectivity index (χ0n) is 9.64. The molecule has 2 N–H and O–H groups in total. The maximum atomic E-state index is 11.9. The number of nitrogen functional groups attached to an aromatic ring is 1. The molecule has 2 rings (SSSR count). The summed E-state index contributed by atoms with van der Waals surface area (Å²) < 4.78 is 1.12. The number of ketones is 1. The summed E-state index contributed by atoms with van der Waals surface area (Å²) in [6.07, 6.45) is 3.37. The summed E-state index contributed by atoms with van der Waals surface area (Å²) in [5, 5.41) is 0. The molecule has 18 heavy (non-hydrogen) atoms. The van der Waals surface area contributed by atoms with Crippen molar-refractivity contribution < 1.29 is 4.79 Å². The second-order valence-corrected chi connectivity index (χ2v) is 5.12. The van der Waals surface area contributed by atoms with E-state index in [0.717, 1.165) is 14.8 Å². The van der Waals surface area contributed by atoms with Gasteiger partial charge in [-0.3, -0.25) is 4.79 Å². The van der Waals surface area contributed by atoms with Gasteiger partial charge < -0.3 is 5.73 Å². The molecule has 0 aliphatic heterocycles. The Kier molecular flexibility index (Phi) is 4.15. The Balaban J connectivity index is 2.11. The predicted molar refractivity (Wildman–Crippen MR) is 83.4 cm³/mol. The van der Waals surface area contributed by atoms with Gasteiger partial charge in [-0.1, -0.05) is 30.3 Å². The van der Waals surface area contributed by atoms with Gasteiger partial charge in [-0.2, -0.15) is 0 Å². The highest BCUT2D eigenvalue weighted by molar-refractivity contribution is 14.1. The number of rotatable bonds is 3. The fourth-order valence-corrected chi connectivity index (χ4v) is 1.85. The summed E-state index contributed by atoms with van der Waals surface area (Å²) in [5.74, 6) is 0.00299. The molecular weight excluding hydrogens is 337 g/mol. The van der Waals surface area contributed by atoms with Crippen molar-refractivity contribution in [3.05, 3.63) is 69.3 Å². The van der Waals surface area contributed by atoms with Crippen molar-refractivity contribution >= 4 is 40.1 Å². The van der Waals surface area contributed by atoms with Crippen LogP contribution in [0.25, 0.3) is 6.08 Å². The van der Waals surface area contributed by atoms with E-state index in [9.17, 15) is 4.79 Å². The highest BCUT2D eigenvalue weighted by Crippen LogP contribution is 2.10. The average Bonchev–Trinajstić information content (AvgIpc) is 2.38. The number of carbonyl (C=O) groups is 1. The Morgan fingerprint density at radius 3 is 2.22 bits per heavy atom. The van der Waals surface area contributed by atoms with Crippen LogP contribution in [0.15, 0.2) is 54.6 Å². The molecule has 2 aromatic rings. The minimum atomic E-state index is 0.00299. The number of hydrogen-bond donors (Lipinski definition) is 1. The first kappa shape index (κ1) is 12.8. The summed E-state index contributed by atoms with van der Waals surface area (Å²) in [5.41, 5.74) is 7.97. The lowest BCUT2D eigenvalue weighted by Gasteiger charge is -1.97. The maximum Gasteiger partial charge on any atom is 0.185 e. The molecule has 0 saturated carbocycles. The van der Waals surface area contributed by atoms with Gasteiger partial charge in [0.25, 0.3) is 0 Å². The smallest absolute Gasteiger partial charge is 0.185 e. The van der Waals surface area contributed by atoms with Crippen LogP contribution >= 0.6 is 22.6 Å². The van der Waals surface area contributed by atoms with Gasteiger partial charge in [0.2, 0.25) is 0 Å². The molecule has 2 aromatic carbocycles. The van der Waals surface area contributed by atoms with E-state index < -0.39 is 0 Å². The van der Waals surface area contributed by atoms with Crippen LogP contribution in [0.1, 0.15) is 15.9 Å². The van der Waals surface area contributed by atoms with Crippen molar-refractivity contribution in [2.24, 2.45) is 0 Å². The quantitative estimate of drug-likeness (QED) is 0.397. The van der Waals surface area contributed by atoms with E-state index in [-0.39, 0.29) is 5.78 Å². The van der Waals surface area contributed by atoms with Gasteiger partial charge in [0.05, 0.1) is 0 Å². The van der Waals surface area contributed by atoms with Crippen LogP contribution in [-0.4, -0.2) is 5.78 Å². The lowest BCUT2D eigenvalue weighted by Crippen LogP contribution is -1.93. The minimum Gasteiger partial charge on any atom is -0.399 e. The number of anilines is 1. The average molecular weight is 349 g/mol. The zero-order chi connectivity index (χ0) is 13.0. The molecule has 0 fully saturated rings. The van der Waals surface area contributed by atoms with Gasteiger partial charge in [0.1, 0.15) is 0 Å². The molecule has 0 saturated heterocycles. The first-order chi connectivity index (χ1) is 8.65. The first-order valence-corrected chi connectivity index (χ1v) is 6.56. The molecule has 0 amide bonds. The molecule has 0 aliphatic carbocycles. The number of halogens is 1. The van der Waals surface area contributed by atoms with Crippen LogP contribution in [0, 0.1) is 3.57 Å². The van der Waals surface area contributed by atoms with Crippen molar-refractivity contribution in [1.82, 2.24) is 0 Å². The molecule has 0 heterocycles. The number of allylic oxidation sites excluding steroid dienone is 1. The fourth-order valence-electron chi connectivity index (χ4n) is 1.49. The molecular formula is C15H12INO. The van der Waals surface area contributed by atoms with Crippen molar-refractivity contribution in [3.63, 3.8) is 0 Å². The van der Waals surface area contributed by atoms with Crippen molar-refractivity contribution in [3.8, 4) is 0 Å². The van der Waals surface area contributed by atoms with E-state index in [1.165, 1.54) is 0 Å². The summed E-state index contributed by atoms with van der Waals surface area (Å²) in [6, 6.07) is 14.9. The topological polar surface area (TPSA) is 43.1 Å². The Morgan fingerprint density at radius 1 is 1.00 bits per heavy atom. The summed E-state index contributed by atoms with van der Waals surface area (Å²) >= 11 is 2.21. The first-order valence-electron chi connectivity index (χ1n) is 5.49. The van der Waals surface area contributed by atoms with Crippen molar-refractivity contribution in [2.75, 3.05) is 5.73 Å². The SMILES string of the molecule is Nc1ccc(/C=C/C(=O)c2ccc(I)cc2)cc1. The highest BCUT2D eigenvalue weighted by atomic mass is 127. The second-order valence-electron chi connectivity index (χ2n) is 3.87. The third-order valence-corrected chi connectivity index (χ3v) is 3.21. The molecule has 2 nitrogen and oxygen atoms in total. The maximum absolute atomic E-state index is 11.9. The van der Waals surface area contributed by atoms with Crippen molar-refractivity contribution in [2.45, 2.75) is 0 Å². The van der Waals surface area contributed by atoms with Gasteiger partial charge in [0, 0.05) is 14.8 Å². The molecule has 0 aromatic heterocycles. The summed E-state index contributed by atoms with van der Waals surface area (Å²) in [7, 11) is 0. The standard InChI is InChI=1S/C15H12INO/c16-13-6-4-12(5-7-13)15(18)10-3-11-1-8-14(17)9-2-11/h1-10H,17H2/b10-3+. The van der Waals surface area contributed by atoms with Crippen LogP contribution in [0.4, 0.5) is 5.69 Å². The van der Waals surface area contributed by atoms with E-state index in [0.29, 0.717) is 5.56 Å². The van der Waals surface area contributed by atoms with Crippen LogP contribution in [0.5, 0.6) is 0 Å². The number of hydrogen-bond acceptors (Lipinski definition) is 2. The van der Waals surface area contributed by atoms with Crippen LogP contribution in [0.3, 0.4) is 0 Å². The lowest BCUT2D eigenvalue weighted by molar-refractivity contribution is 0.104. The Hall–Kier alpha value is -1.62. The van der Waals surface area contributed by atoms with E-state index in [1.807, 2.05) is 48.5 Å². The molecule has 3 heteroatoms. The molecule has 0 spiro atoms. The molecule has 0 radical (unpaired) electrons. The Bertz CT molecular complexity index is 570. The van der Waals surface area contributed by atoms with Crippen LogP contribution in [0.2, 0.25) is 0 Å². The van der Waals surface area contributed by atoms with E-state index >= 15 is 0 Å². The van der Waals surface area contributed by atoms with Gasteiger partial charge in [-0.05, 0) is 58.5 Å². The normalized spacial score (nSPS) is 10.7. The van der Waals surface area contributed by atoms with Gasteiger partial charge in [-0.25, -0.2) is 0 Å². The zero-order valence-corrected chi connectivity index (χ0v) is 11.8. The summed E-state index contributed by atoms with van der Waals surface area (Å²) in [4.78, 5) is 11.9. The van der Waals surface area contributed by atoms with Gasteiger partial charge >= 0.3 is 0 Å². The lowest BCUT2D eigenvalue weighted by atomic mass is 10.1. The third kappa shape index (κ3) is 3.43. The largest absolute Gasteiger partial charge is 0.399 e. The third-order valence-electron chi connectivity index (χ3n) is 2.49. The monoisotopic (exact) mass is 349 g/mol. The van der Waals surface area contributed by atoms with Crippen LogP contribution in [-0.2, 0) is 0 Å². The highest BCUT2D eigenvalue weighted by Gasteiger charge is 2.00. The number of carbonyl (C=O) groups excluding carboxylic acids is 1. The van der Waals surface area contributed by atoms with E-state index in [2.05, 4.69) is 22.6 Å². The van der Waals surface area contributed by atoms with E-state index in [1.54, 1.807) is 12.2 Å². The molecule has 0 atom stereocenters. The minimum absolute atomic E-state index is 0.00299. The molecule has 90 valence electrons. The number of nitrogens with two attached hydrogens (primary N) is 1. The van der Waals surface area contributed by atoms with Crippen LogP contribution < -0.4 is 5.73 Å². The Labute approximate surface area is 120 Å². The fraction of sp³-hybridized carbons (Fsp3) is 0. The van der Waals surface area contributed by atoms with Crippen molar-refractivity contribution in [1.29, 1.82) is 0 Å². The van der Waals surface area contributed by atoms with Gasteiger partial charge in [-0.15, -0.1) is 0 Å². The summed E-state index contributed by atoms with van der Waals surface area (Å²) in [6.45, 7) is 0. The Morgan fingerprint density at radius 2 is 1.61 bits per heavy atom. The second kappa shape index (κ2) is 5.82. The number of benzene rings is 2. The van der Waals surface area contributed by atoms with E-state index in [4.69, 9.17) is 5.73 Å². The van der Waals surface area contributed by atoms with Gasteiger partial charge in [0.15, 0.2) is 5.78 Å². The molecule has 0 bridgehead atoms. The molecule has 0 unspecified atom stereocenters. The predicted octanol–water partition coefficient (Wildman–Crippen LogP) is 3.77. The molecule has 0 aliphatic rings.